The Morgan fingerprint density at radius 2 is 1.95 bits per heavy atom. The van der Waals surface area contributed by atoms with E-state index in [4.69, 9.17) is 0 Å². The Kier molecular flexibility index (Phi) is 5.91. The molecule has 3 aromatic heterocycles. The molecular weight excluding hydrogens is 473 g/mol. The smallest absolute Gasteiger partial charge is 0.278 e. The number of fused-ring (bicyclic) bond motifs is 2. The van der Waals surface area contributed by atoms with Crippen LogP contribution >= 0.6 is 0 Å². The molecule has 0 unspecified atom stereocenters. The molecule has 0 atom stereocenters. The number of rotatable bonds is 5. The Labute approximate surface area is 214 Å². The first kappa shape index (κ1) is 25.0. The SMILES string of the molecule is CC(C)n1c(=O)c2cnc(Nc3ccc4c(c3)CNCC4(C)C)nc2n1-c1ccc(F)c(C(C)(C)O)n1. The highest BCUT2D eigenvalue weighted by atomic mass is 19.1. The number of aromatic nitrogens is 5. The fraction of sp³-hybridized carbons (Fsp3) is 0.407. The second-order valence-corrected chi connectivity index (χ2v) is 11.0. The number of pyridine rings is 1. The minimum Gasteiger partial charge on any atom is -0.384 e. The molecule has 37 heavy (non-hydrogen) atoms. The van der Waals surface area contributed by atoms with E-state index in [0.29, 0.717) is 17.0 Å². The van der Waals surface area contributed by atoms with Crippen molar-refractivity contribution in [1.29, 1.82) is 0 Å². The van der Waals surface area contributed by atoms with Crippen LogP contribution in [-0.2, 0) is 17.6 Å². The van der Waals surface area contributed by atoms with Crippen LogP contribution in [0.15, 0.2) is 41.3 Å². The van der Waals surface area contributed by atoms with Gasteiger partial charge >= 0.3 is 0 Å². The lowest BCUT2D eigenvalue weighted by molar-refractivity contribution is 0.0694. The Bertz CT molecular complexity index is 1560. The van der Waals surface area contributed by atoms with Gasteiger partial charge in [-0.05, 0) is 63.1 Å². The first-order valence-corrected chi connectivity index (χ1v) is 12.4. The van der Waals surface area contributed by atoms with Gasteiger partial charge in [0.15, 0.2) is 11.5 Å². The van der Waals surface area contributed by atoms with Gasteiger partial charge in [-0.1, -0.05) is 19.9 Å². The lowest BCUT2D eigenvalue weighted by Gasteiger charge is -2.33. The molecule has 1 aliphatic rings. The zero-order valence-corrected chi connectivity index (χ0v) is 21.9. The standard InChI is InChI=1S/C27H32FN7O2/c1-15(2)34-24(36)18-13-30-25(31-17-7-8-19-16(11-17)12-29-14-26(19,3)4)33-23(18)35(34)21-10-9-20(28)22(32-21)27(5,6)37/h7-11,13,15,29,37H,12,14H2,1-6H3,(H,30,31,33). The van der Waals surface area contributed by atoms with Gasteiger partial charge in [0.25, 0.3) is 5.56 Å². The molecule has 0 aliphatic carbocycles. The van der Waals surface area contributed by atoms with Crippen molar-refractivity contribution >= 4 is 22.7 Å². The third-order valence-corrected chi connectivity index (χ3v) is 6.71. The summed E-state index contributed by atoms with van der Waals surface area (Å²) < 4.78 is 17.6. The van der Waals surface area contributed by atoms with Crippen LogP contribution in [0.2, 0.25) is 0 Å². The number of hydrogen-bond acceptors (Lipinski definition) is 7. The minimum absolute atomic E-state index is 0.0432. The third-order valence-electron chi connectivity index (χ3n) is 6.71. The summed E-state index contributed by atoms with van der Waals surface area (Å²) in [5, 5.41) is 17.5. The van der Waals surface area contributed by atoms with E-state index < -0.39 is 11.4 Å². The molecule has 0 bridgehead atoms. The summed E-state index contributed by atoms with van der Waals surface area (Å²) in [6.07, 6.45) is 1.49. The van der Waals surface area contributed by atoms with E-state index in [2.05, 4.69) is 51.6 Å². The lowest BCUT2D eigenvalue weighted by Crippen LogP contribution is -2.38. The van der Waals surface area contributed by atoms with E-state index in [9.17, 15) is 14.3 Å². The van der Waals surface area contributed by atoms with Crippen LogP contribution < -0.4 is 16.2 Å². The number of aliphatic hydroxyl groups is 1. The lowest BCUT2D eigenvalue weighted by atomic mass is 9.79. The van der Waals surface area contributed by atoms with Crippen molar-refractivity contribution in [2.45, 2.75) is 65.1 Å². The molecule has 0 fully saturated rings. The van der Waals surface area contributed by atoms with E-state index in [-0.39, 0.29) is 28.5 Å². The van der Waals surface area contributed by atoms with Crippen molar-refractivity contribution in [3.8, 4) is 5.82 Å². The molecule has 0 spiro atoms. The summed E-state index contributed by atoms with van der Waals surface area (Å²) in [6, 6.07) is 8.67. The van der Waals surface area contributed by atoms with Crippen molar-refractivity contribution in [3.05, 3.63) is 69.5 Å². The van der Waals surface area contributed by atoms with Crippen LogP contribution in [0.4, 0.5) is 16.0 Å². The van der Waals surface area contributed by atoms with E-state index in [0.717, 1.165) is 18.8 Å². The average Bonchev–Trinajstić information content (AvgIpc) is 3.10. The predicted molar refractivity (Wildman–Crippen MR) is 141 cm³/mol. The molecule has 4 heterocycles. The number of anilines is 2. The maximum Gasteiger partial charge on any atom is 0.278 e. The van der Waals surface area contributed by atoms with Crippen LogP contribution in [0.5, 0.6) is 0 Å². The molecule has 0 saturated heterocycles. The van der Waals surface area contributed by atoms with Gasteiger partial charge < -0.3 is 15.7 Å². The maximum absolute atomic E-state index is 14.5. The van der Waals surface area contributed by atoms with Crippen molar-refractivity contribution < 1.29 is 9.50 Å². The molecule has 194 valence electrons. The van der Waals surface area contributed by atoms with Gasteiger partial charge in [0.05, 0.1) is 0 Å². The number of nitrogens with one attached hydrogen (secondary N) is 2. The monoisotopic (exact) mass is 505 g/mol. The molecule has 10 heteroatoms. The maximum atomic E-state index is 14.5. The Hall–Kier alpha value is -3.63. The Balaban J connectivity index is 1.63. The number of benzene rings is 1. The Morgan fingerprint density at radius 3 is 2.65 bits per heavy atom. The van der Waals surface area contributed by atoms with Crippen LogP contribution in [0.25, 0.3) is 16.9 Å². The van der Waals surface area contributed by atoms with E-state index in [1.807, 2.05) is 19.9 Å². The summed E-state index contributed by atoms with van der Waals surface area (Å²) >= 11 is 0. The quantitative estimate of drug-likeness (QED) is 0.375. The van der Waals surface area contributed by atoms with Gasteiger partial charge in [-0.15, -0.1) is 0 Å². The second kappa shape index (κ2) is 8.74. The van der Waals surface area contributed by atoms with E-state index in [1.165, 1.54) is 48.0 Å². The molecule has 4 aromatic rings. The van der Waals surface area contributed by atoms with Crippen LogP contribution in [0.1, 0.15) is 64.4 Å². The highest BCUT2D eigenvalue weighted by molar-refractivity contribution is 5.77. The molecule has 9 nitrogen and oxygen atoms in total. The van der Waals surface area contributed by atoms with E-state index in [1.54, 1.807) is 4.68 Å². The third kappa shape index (κ3) is 4.40. The van der Waals surface area contributed by atoms with Gasteiger partial charge in [0.1, 0.15) is 22.5 Å². The summed E-state index contributed by atoms with van der Waals surface area (Å²) in [7, 11) is 0. The average molecular weight is 506 g/mol. The molecule has 1 aliphatic heterocycles. The fourth-order valence-electron chi connectivity index (χ4n) is 4.94. The summed E-state index contributed by atoms with van der Waals surface area (Å²) in [5.74, 6) is -0.0470. The highest BCUT2D eigenvalue weighted by Crippen LogP contribution is 2.32. The molecule has 0 amide bonds. The molecule has 0 radical (unpaired) electrons. The van der Waals surface area contributed by atoms with Crippen LogP contribution in [-0.4, -0.2) is 36.0 Å². The first-order chi connectivity index (χ1) is 17.4. The zero-order valence-electron chi connectivity index (χ0n) is 21.9. The van der Waals surface area contributed by atoms with Gasteiger partial charge in [0, 0.05) is 36.4 Å². The van der Waals surface area contributed by atoms with Gasteiger partial charge in [-0.25, -0.2) is 23.7 Å². The normalized spacial score (nSPS) is 15.3. The topological polar surface area (TPSA) is 110 Å². The Morgan fingerprint density at radius 1 is 1.19 bits per heavy atom. The fourth-order valence-corrected chi connectivity index (χ4v) is 4.94. The van der Waals surface area contributed by atoms with Crippen molar-refractivity contribution in [1.82, 2.24) is 29.6 Å². The number of halogens is 1. The number of hydrogen-bond donors (Lipinski definition) is 3. The van der Waals surface area contributed by atoms with Crippen molar-refractivity contribution in [2.75, 3.05) is 11.9 Å². The van der Waals surface area contributed by atoms with Gasteiger partial charge in [-0.3, -0.25) is 4.79 Å². The molecule has 1 aromatic carbocycles. The molecule has 0 saturated carbocycles. The van der Waals surface area contributed by atoms with Gasteiger partial charge in [0.2, 0.25) is 5.95 Å². The zero-order chi connectivity index (χ0) is 26.7. The number of nitrogens with zero attached hydrogens (tertiary/aromatic N) is 5. The second-order valence-electron chi connectivity index (χ2n) is 11.0. The predicted octanol–water partition coefficient (Wildman–Crippen LogP) is 4.05. The minimum atomic E-state index is -1.51. The molecular formula is C27H32FN7O2. The largest absolute Gasteiger partial charge is 0.384 e. The summed E-state index contributed by atoms with van der Waals surface area (Å²) in [6.45, 7) is 12.8. The summed E-state index contributed by atoms with van der Waals surface area (Å²) in [5.41, 5.74) is 1.81. The van der Waals surface area contributed by atoms with E-state index >= 15 is 0 Å². The van der Waals surface area contributed by atoms with Crippen LogP contribution in [0.3, 0.4) is 0 Å². The van der Waals surface area contributed by atoms with Crippen molar-refractivity contribution in [3.63, 3.8) is 0 Å². The van der Waals surface area contributed by atoms with Crippen LogP contribution in [0, 0.1) is 5.82 Å². The summed E-state index contributed by atoms with van der Waals surface area (Å²) in [4.78, 5) is 26.7. The molecule has 3 N–H and O–H groups in total. The van der Waals surface area contributed by atoms with Crippen molar-refractivity contribution in [2.24, 2.45) is 0 Å². The highest BCUT2D eigenvalue weighted by Gasteiger charge is 2.28. The first-order valence-electron chi connectivity index (χ1n) is 12.4. The van der Waals surface area contributed by atoms with Gasteiger partial charge in [-0.2, -0.15) is 4.98 Å². The molecule has 5 rings (SSSR count).